The van der Waals surface area contributed by atoms with E-state index in [4.69, 9.17) is 16.0 Å². The van der Waals surface area contributed by atoms with Gasteiger partial charge in [-0.3, -0.25) is 0 Å². The van der Waals surface area contributed by atoms with Gasteiger partial charge in [0.1, 0.15) is 17.7 Å². The van der Waals surface area contributed by atoms with Crippen molar-refractivity contribution in [1.82, 2.24) is 0 Å². The number of halogens is 5. The lowest BCUT2D eigenvalue weighted by Crippen LogP contribution is -2.10. The third kappa shape index (κ3) is 2.90. The van der Waals surface area contributed by atoms with Gasteiger partial charge in [-0.25, -0.2) is 4.39 Å². The predicted octanol–water partition coefficient (Wildman–Crippen LogP) is 4.17. The van der Waals surface area contributed by atoms with E-state index in [1.54, 1.807) is 0 Å². The highest BCUT2D eigenvalue weighted by Crippen LogP contribution is 2.34. The minimum atomic E-state index is -4.83. The van der Waals surface area contributed by atoms with E-state index in [0.717, 1.165) is 6.07 Å². The number of benzene rings is 1. The van der Waals surface area contributed by atoms with Crippen LogP contribution in [0, 0.1) is 5.82 Å². The van der Waals surface area contributed by atoms with Crippen LogP contribution in [-0.2, 0) is 6.18 Å². The molecule has 2 rings (SSSR count). The van der Waals surface area contributed by atoms with Gasteiger partial charge in [-0.15, -0.1) is 0 Å². The zero-order valence-electron chi connectivity index (χ0n) is 9.21. The monoisotopic (exact) mass is 294 g/mol. The second-order valence-corrected chi connectivity index (χ2v) is 4.15. The van der Waals surface area contributed by atoms with Crippen LogP contribution in [0.1, 0.15) is 23.0 Å². The quantitative estimate of drug-likeness (QED) is 0.843. The summed E-state index contributed by atoms with van der Waals surface area (Å²) in [5.41, 5.74) is -1.58. The van der Waals surface area contributed by atoms with Crippen LogP contribution in [-0.4, -0.2) is 5.11 Å². The summed E-state index contributed by atoms with van der Waals surface area (Å²) in [7, 11) is 0. The van der Waals surface area contributed by atoms with Crippen LogP contribution < -0.4 is 0 Å². The topological polar surface area (TPSA) is 33.4 Å². The Bertz CT molecular complexity index is 592. The Balaban J connectivity index is 2.41. The van der Waals surface area contributed by atoms with Gasteiger partial charge in [-0.1, -0.05) is 6.07 Å². The number of aliphatic hydroxyl groups is 1. The van der Waals surface area contributed by atoms with Crippen LogP contribution in [0.15, 0.2) is 34.7 Å². The number of furan rings is 1. The summed E-state index contributed by atoms with van der Waals surface area (Å²) in [6.07, 6.45) is -6.28. The zero-order chi connectivity index (χ0) is 14.2. The summed E-state index contributed by atoms with van der Waals surface area (Å²) in [4.78, 5) is 0. The van der Waals surface area contributed by atoms with E-state index >= 15 is 0 Å². The lowest BCUT2D eigenvalue weighted by atomic mass is 10.0. The van der Waals surface area contributed by atoms with Crippen molar-refractivity contribution in [3.8, 4) is 0 Å². The standard InChI is InChI=1S/C12H7ClF4O2/c13-10-4-3-9(19-10)11(18)6-1-2-8(14)7(5-6)12(15,16)17/h1-5,11,18H. The summed E-state index contributed by atoms with van der Waals surface area (Å²) >= 11 is 5.50. The second kappa shape index (κ2) is 4.86. The Morgan fingerprint density at radius 3 is 2.37 bits per heavy atom. The molecule has 2 aromatic rings. The molecule has 0 aliphatic heterocycles. The fourth-order valence-corrected chi connectivity index (χ4v) is 1.72. The molecule has 102 valence electrons. The first kappa shape index (κ1) is 13.9. The van der Waals surface area contributed by atoms with Gasteiger partial charge in [-0.2, -0.15) is 13.2 Å². The van der Waals surface area contributed by atoms with Crippen molar-refractivity contribution in [1.29, 1.82) is 0 Å². The molecule has 0 bridgehead atoms. The molecule has 0 fully saturated rings. The molecular weight excluding hydrogens is 288 g/mol. The van der Waals surface area contributed by atoms with Crippen LogP contribution in [0.4, 0.5) is 17.6 Å². The van der Waals surface area contributed by atoms with E-state index in [1.165, 1.54) is 12.1 Å². The molecule has 2 nitrogen and oxygen atoms in total. The van der Waals surface area contributed by atoms with Crippen molar-refractivity contribution in [2.75, 3.05) is 0 Å². The number of alkyl halides is 3. The molecule has 0 aliphatic carbocycles. The molecule has 7 heteroatoms. The minimum Gasteiger partial charge on any atom is -0.447 e. The first-order chi connectivity index (χ1) is 8.79. The number of aliphatic hydroxyl groups excluding tert-OH is 1. The maximum absolute atomic E-state index is 13.1. The van der Waals surface area contributed by atoms with Gasteiger partial charge in [0, 0.05) is 0 Å². The maximum Gasteiger partial charge on any atom is 0.419 e. The van der Waals surface area contributed by atoms with Gasteiger partial charge in [0.25, 0.3) is 0 Å². The maximum atomic E-state index is 13.1. The van der Waals surface area contributed by atoms with Crippen molar-refractivity contribution in [3.63, 3.8) is 0 Å². The summed E-state index contributed by atoms with van der Waals surface area (Å²) < 4.78 is 55.6. The van der Waals surface area contributed by atoms with Crippen LogP contribution in [0.3, 0.4) is 0 Å². The molecule has 19 heavy (non-hydrogen) atoms. The normalized spacial score (nSPS) is 13.6. The molecule has 0 spiro atoms. The Labute approximate surface area is 110 Å². The lowest BCUT2D eigenvalue weighted by Gasteiger charge is -2.12. The number of hydrogen-bond donors (Lipinski definition) is 1. The fourth-order valence-electron chi connectivity index (χ4n) is 1.57. The number of rotatable bonds is 2. The average molecular weight is 295 g/mol. The largest absolute Gasteiger partial charge is 0.447 e. The van der Waals surface area contributed by atoms with E-state index < -0.39 is 23.7 Å². The molecule has 0 amide bonds. The average Bonchev–Trinajstić information content (AvgIpc) is 2.74. The smallest absolute Gasteiger partial charge is 0.419 e. The summed E-state index contributed by atoms with van der Waals surface area (Å²) in [6, 6.07) is 4.89. The van der Waals surface area contributed by atoms with Gasteiger partial charge in [-0.05, 0) is 41.4 Å². The highest BCUT2D eigenvalue weighted by atomic mass is 35.5. The molecule has 1 unspecified atom stereocenters. The van der Waals surface area contributed by atoms with E-state index in [2.05, 4.69) is 0 Å². The highest BCUT2D eigenvalue weighted by Gasteiger charge is 2.34. The van der Waals surface area contributed by atoms with E-state index in [0.29, 0.717) is 12.1 Å². The molecule has 1 heterocycles. The molecule has 0 radical (unpaired) electrons. The van der Waals surface area contributed by atoms with Crippen LogP contribution in [0.2, 0.25) is 5.22 Å². The molecule has 1 atom stereocenters. The first-order valence-electron chi connectivity index (χ1n) is 5.09. The van der Waals surface area contributed by atoms with E-state index in [9.17, 15) is 22.7 Å². The fraction of sp³-hybridized carbons (Fsp3) is 0.167. The summed E-state index contributed by atoms with van der Waals surface area (Å²) in [6.45, 7) is 0. The molecule has 1 aromatic heterocycles. The molecule has 0 aliphatic rings. The second-order valence-electron chi connectivity index (χ2n) is 3.78. The van der Waals surface area contributed by atoms with Gasteiger partial charge in [0.2, 0.25) is 0 Å². The molecule has 1 N–H and O–H groups in total. The zero-order valence-corrected chi connectivity index (χ0v) is 9.97. The van der Waals surface area contributed by atoms with E-state index in [1.807, 2.05) is 0 Å². The van der Waals surface area contributed by atoms with Crippen molar-refractivity contribution >= 4 is 11.6 Å². The third-order valence-corrected chi connectivity index (χ3v) is 2.68. The van der Waals surface area contributed by atoms with Crippen molar-refractivity contribution in [2.24, 2.45) is 0 Å². The Morgan fingerprint density at radius 1 is 1.16 bits per heavy atom. The SMILES string of the molecule is OC(c1ccc(F)c(C(F)(F)F)c1)c1ccc(Cl)o1. The Morgan fingerprint density at radius 2 is 1.84 bits per heavy atom. The van der Waals surface area contributed by atoms with Gasteiger partial charge < -0.3 is 9.52 Å². The first-order valence-corrected chi connectivity index (χ1v) is 5.47. The van der Waals surface area contributed by atoms with Crippen LogP contribution in [0.5, 0.6) is 0 Å². The third-order valence-electron chi connectivity index (χ3n) is 2.48. The summed E-state index contributed by atoms with van der Waals surface area (Å²) in [5.74, 6) is -1.43. The lowest BCUT2D eigenvalue weighted by molar-refractivity contribution is -0.140. The Hall–Kier alpha value is -1.53. The van der Waals surface area contributed by atoms with Crippen molar-refractivity contribution in [3.05, 3.63) is 58.3 Å². The molecule has 0 saturated carbocycles. The molecule has 0 saturated heterocycles. The van der Waals surface area contributed by atoms with Crippen LogP contribution >= 0.6 is 11.6 Å². The van der Waals surface area contributed by atoms with Gasteiger partial charge in [0.05, 0.1) is 5.56 Å². The Kier molecular flexibility index (Phi) is 3.56. The van der Waals surface area contributed by atoms with Gasteiger partial charge in [0.15, 0.2) is 5.22 Å². The molecule has 1 aromatic carbocycles. The van der Waals surface area contributed by atoms with E-state index in [-0.39, 0.29) is 16.5 Å². The predicted molar refractivity (Wildman–Crippen MR) is 59.2 cm³/mol. The number of hydrogen-bond acceptors (Lipinski definition) is 2. The van der Waals surface area contributed by atoms with Crippen molar-refractivity contribution < 1.29 is 27.1 Å². The van der Waals surface area contributed by atoms with Crippen molar-refractivity contribution in [2.45, 2.75) is 12.3 Å². The minimum absolute atomic E-state index is 0.00722. The highest BCUT2D eigenvalue weighted by molar-refractivity contribution is 6.28. The molecular formula is C12H7ClF4O2. The summed E-state index contributed by atoms with van der Waals surface area (Å²) in [5, 5.41) is 9.84. The van der Waals surface area contributed by atoms with Crippen LogP contribution in [0.25, 0.3) is 0 Å². The van der Waals surface area contributed by atoms with Gasteiger partial charge >= 0.3 is 6.18 Å².